The van der Waals surface area contributed by atoms with E-state index in [4.69, 9.17) is 15.2 Å². The highest BCUT2D eigenvalue weighted by Crippen LogP contribution is 2.38. The maximum Gasteiger partial charge on any atom is 0.338 e. The molecule has 35 heavy (non-hydrogen) atoms. The lowest BCUT2D eigenvalue weighted by Crippen LogP contribution is -2.41. The van der Waals surface area contributed by atoms with Gasteiger partial charge in [0.2, 0.25) is 0 Å². The average molecular weight is 495 g/mol. The van der Waals surface area contributed by atoms with Gasteiger partial charge in [0.25, 0.3) is 5.56 Å². The van der Waals surface area contributed by atoms with E-state index in [0.717, 1.165) is 15.9 Å². The van der Waals surface area contributed by atoms with Crippen LogP contribution in [0.4, 0.5) is 0 Å². The van der Waals surface area contributed by atoms with Gasteiger partial charge in [0.05, 0.1) is 35.3 Å². The Balaban J connectivity index is 2.10. The van der Waals surface area contributed by atoms with E-state index in [-0.39, 0.29) is 44.3 Å². The number of rotatable bonds is 5. The van der Waals surface area contributed by atoms with E-state index in [2.05, 4.69) is 0 Å². The molecule has 2 heterocycles. The summed E-state index contributed by atoms with van der Waals surface area (Å²) in [7, 11) is 1.20. The fourth-order valence-corrected chi connectivity index (χ4v) is 5.05. The second-order valence-corrected chi connectivity index (χ2v) is 8.63. The standard InChI is InChI=1S/C25H22N2O7S/c1-3-34-25(32)19-18(14-6-10-16(29)11-7-14)20(24(31)33-2)23-27(21(19)26)22(30)17(35-23)12-13-4-8-15(28)9-5-13/h4-12,18,28-29H,3,26H2,1-2H3/b17-12-/t18-/m1/s1. The van der Waals surface area contributed by atoms with Gasteiger partial charge in [0.1, 0.15) is 22.0 Å². The zero-order valence-corrected chi connectivity index (χ0v) is 19.7. The summed E-state index contributed by atoms with van der Waals surface area (Å²) in [5, 5.41) is 19.3. The van der Waals surface area contributed by atoms with Crippen LogP contribution in [-0.2, 0) is 19.1 Å². The Hall–Kier alpha value is -4.31. The van der Waals surface area contributed by atoms with Gasteiger partial charge < -0.3 is 25.4 Å². The van der Waals surface area contributed by atoms with Gasteiger partial charge in [-0.3, -0.25) is 9.36 Å². The normalized spacial score (nSPS) is 15.7. The third kappa shape index (κ3) is 4.31. The van der Waals surface area contributed by atoms with Gasteiger partial charge in [0.15, 0.2) is 0 Å². The average Bonchev–Trinajstić information content (AvgIpc) is 3.16. The number of carbonyl (C=O) groups is 2. The first-order chi connectivity index (χ1) is 16.8. The highest BCUT2D eigenvalue weighted by atomic mass is 32.1. The fraction of sp³-hybridized carbons (Fsp3) is 0.160. The van der Waals surface area contributed by atoms with Crippen LogP contribution in [0.5, 0.6) is 11.5 Å². The molecule has 9 nitrogen and oxygen atoms in total. The number of hydrogen-bond acceptors (Lipinski definition) is 9. The van der Waals surface area contributed by atoms with E-state index >= 15 is 0 Å². The van der Waals surface area contributed by atoms with Crippen LogP contribution in [0.1, 0.15) is 24.0 Å². The molecule has 0 fully saturated rings. The summed E-state index contributed by atoms with van der Waals surface area (Å²) in [6, 6.07) is 12.2. The maximum absolute atomic E-state index is 13.4. The minimum Gasteiger partial charge on any atom is -0.508 e. The lowest BCUT2D eigenvalue weighted by Gasteiger charge is -2.26. The van der Waals surface area contributed by atoms with Crippen molar-refractivity contribution in [2.45, 2.75) is 12.8 Å². The molecule has 4 N–H and O–H groups in total. The molecule has 0 saturated carbocycles. The molecule has 1 aliphatic heterocycles. The van der Waals surface area contributed by atoms with Crippen LogP contribution in [-0.4, -0.2) is 40.4 Å². The molecule has 0 unspecified atom stereocenters. The number of aromatic hydroxyl groups is 2. The first-order valence-electron chi connectivity index (χ1n) is 10.6. The molecule has 1 atom stereocenters. The van der Waals surface area contributed by atoms with Crippen molar-refractivity contribution in [3.8, 4) is 11.5 Å². The van der Waals surface area contributed by atoms with Gasteiger partial charge in [-0.25, -0.2) is 9.59 Å². The van der Waals surface area contributed by atoms with Crippen LogP contribution in [0.2, 0.25) is 0 Å². The number of thiazole rings is 1. The predicted octanol–water partition coefficient (Wildman–Crippen LogP) is 0.961. The Kier molecular flexibility index (Phi) is 6.48. The van der Waals surface area contributed by atoms with Crippen molar-refractivity contribution in [2.24, 2.45) is 5.73 Å². The Bertz CT molecular complexity index is 1510. The highest BCUT2D eigenvalue weighted by Gasteiger charge is 2.39. The minimum absolute atomic E-state index is 0.00219. The number of hydrogen-bond donors (Lipinski definition) is 3. The number of nitrogens with zero attached hydrogens (tertiary/aromatic N) is 1. The summed E-state index contributed by atoms with van der Waals surface area (Å²) in [6.07, 6.45) is 1.60. The molecule has 1 aliphatic rings. The van der Waals surface area contributed by atoms with E-state index in [1.54, 1.807) is 37.3 Å². The first kappa shape index (κ1) is 23.8. The van der Waals surface area contributed by atoms with E-state index in [1.165, 1.54) is 31.4 Å². The number of phenols is 2. The van der Waals surface area contributed by atoms with Crippen LogP contribution in [0.3, 0.4) is 0 Å². The summed E-state index contributed by atoms with van der Waals surface area (Å²) in [6.45, 7) is 1.68. The summed E-state index contributed by atoms with van der Waals surface area (Å²) in [5.41, 5.74) is 6.95. The number of ether oxygens (including phenoxy) is 2. The van der Waals surface area contributed by atoms with Gasteiger partial charge in [0, 0.05) is 0 Å². The Morgan fingerprint density at radius 1 is 1.03 bits per heavy atom. The third-order valence-corrected chi connectivity index (χ3v) is 6.57. The molecular formula is C25H22N2O7S. The van der Waals surface area contributed by atoms with E-state index < -0.39 is 23.4 Å². The second-order valence-electron chi connectivity index (χ2n) is 7.60. The van der Waals surface area contributed by atoms with Gasteiger partial charge in [-0.05, 0) is 48.4 Å². The van der Waals surface area contributed by atoms with Crippen LogP contribution in [0.25, 0.3) is 17.5 Å². The zero-order valence-electron chi connectivity index (χ0n) is 18.8. The van der Waals surface area contributed by atoms with Crippen molar-refractivity contribution in [2.75, 3.05) is 13.7 Å². The predicted molar refractivity (Wildman–Crippen MR) is 130 cm³/mol. The van der Waals surface area contributed by atoms with E-state index in [9.17, 15) is 24.6 Å². The van der Waals surface area contributed by atoms with Crippen molar-refractivity contribution in [3.05, 3.63) is 84.8 Å². The molecule has 0 bridgehead atoms. The summed E-state index contributed by atoms with van der Waals surface area (Å²) >= 11 is 1.02. The molecule has 0 spiro atoms. The second kappa shape index (κ2) is 9.51. The lowest BCUT2D eigenvalue weighted by atomic mass is 9.83. The van der Waals surface area contributed by atoms with E-state index in [0.29, 0.717) is 11.1 Å². The van der Waals surface area contributed by atoms with Gasteiger partial charge in [-0.2, -0.15) is 0 Å². The van der Waals surface area contributed by atoms with Gasteiger partial charge in [-0.15, -0.1) is 11.3 Å². The number of phenolic OH excluding ortho intramolecular Hbond substituents is 2. The van der Waals surface area contributed by atoms with Crippen LogP contribution in [0.15, 0.2) is 58.9 Å². The largest absolute Gasteiger partial charge is 0.508 e. The monoisotopic (exact) mass is 494 g/mol. The van der Waals surface area contributed by atoms with Crippen molar-refractivity contribution in [1.82, 2.24) is 4.57 Å². The molecule has 0 aliphatic carbocycles. The number of aromatic nitrogens is 1. The number of methoxy groups -OCH3 is 1. The number of esters is 2. The van der Waals surface area contributed by atoms with Crippen molar-refractivity contribution < 1.29 is 29.3 Å². The van der Waals surface area contributed by atoms with Crippen LogP contribution >= 0.6 is 11.3 Å². The number of carbonyl (C=O) groups excluding carboxylic acids is 2. The molecule has 4 rings (SSSR count). The summed E-state index contributed by atoms with van der Waals surface area (Å²) < 4.78 is 11.9. The van der Waals surface area contributed by atoms with Crippen molar-refractivity contribution in [3.63, 3.8) is 0 Å². The van der Waals surface area contributed by atoms with Crippen LogP contribution in [0, 0.1) is 0 Å². The molecule has 0 amide bonds. The molecule has 1 aromatic heterocycles. The lowest BCUT2D eigenvalue weighted by molar-refractivity contribution is -0.138. The fourth-order valence-electron chi connectivity index (χ4n) is 3.89. The smallest absolute Gasteiger partial charge is 0.338 e. The van der Waals surface area contributed by atoms with Gasteiger partial charge >= 0.3 is 11.9 Å². The third-order valence-electron chi connectivity index (χ3n) is 5.47. The topological polar surface area (TPSA) is 141 Å². The molecule has 0 radical (unpaired) electrons. The number of benzene rings is 2. The zero-order chi connectivity index (χ0) is 25.3. The number of fused-ring (bicyclic) bond motifs is 1. The van der Waals surface area contributed by atoms with Gasteiger partial charge in [-0.1, -0.05) is 24.3 Å². The van der Waals surface area contributed by atoms with Crippen molar-refractivity contribution >= 4 is 40.7 Å². The van der Waals surface area contributed by atoms with Crippen LogP contribution < -0.4 is 20.5 Å². The quantitative estimate of drug-likeness (QED) is 0.446. The molecule has 2 aromatic carbocycles. The SMILES string of the molecule is CCOC(=O)C1=C(N)n2c(s/c(=C\c3ccc(O)cc3)c2=O)=C(C(=O)OC)[C@@H]1c1ccc(O)cc1. The minimum atomic E-state index is -0.998. The Morgan fingerprint density at radius 2 is 1.63 bits per heavy atom. The molecule has 0 saturated heterocycles. The molecular weight excluding hydrogens is 472 g/mol. The molecule has 180 valence electrons. The first-order valence-corrected chi connectivity index (χ1v) is 11.4. The summed E-state index contributed by atoms with van der Waals surface area (Å²) in [5.74, 6) is -2.61. The van der Waals surface area contributed by atoms with E-state index in [1.807, 2.05) is 0 Å². The Morgan fingerprint density at radius 3 is 2.20 bits per heavy atom. The highest BCUT2D eigenvalue weighted by molar-refractivity contribution is 7.07. The molecule has 3 aromatic rings. The number of nitrogens with two attached hydrogens (primary N) is 1. The summed E-state index contributed by atoms with van der Waals surface area (Å²) in [4.78, 5) is 39.5. The molecule has 10 heteroatoms. The maximum atomic E-state index is 13.4. The Labute approximate surface area is 203 Å². The van der Waals surface area contributed by atoms with Crippen molar-refractivity contribution in [1.29, 1.82) is 0 Å².